The molecule has 0 aliphatic rings. The number of nitrogens with one attached hydrogen (secondary N) is 1. The molecular formula is C11H14N4OS. The van der Waals surface area contributed by atoms with Gasteiger partial charge in [0.2, 0.25) is 5.88 Å². The van der Waals surface area contributed by atoms with Crippen LogP contribution in [0.3, 0.4) is 0 Å². The molecule has 0 radical (unpaired) electrons. The second-order valence-corrected chi connectivity index (χ2v) is 4.62. The van der Waals surface area contributed by atoms with Crippen LogP contribution in [0, 0.1) is 13.8 Å². The van der Waals surface area contributed by atoms with Gasteiger partial charge >= 0.3 is 0 Å². The average Bonchev–Trinajstić information content (AvgIpc) is 2.72. The molecule has 0 saturated carbocycles. The van der Waals surface area contributed by atoms with Crippen molar-refractivity contribution in [2.75, 3.05) is 12.4 Å². The summed E-state index contributed by atoms with van der Waals surface area (Å²) < 4.78 is 5.09. The van der Waals surface area contributed by atoms with Gasteiger partial charge in [-0.05, 0) is 13.8 Å². The van der Waals surface area contributed by atoms with Crippen molar-refractivity contribution in [1.82, 2.24) is 15.0 Å². The second kappa shape index (κ2) is 5.09. The molecule has 6 heteroatoms. The van der Waals surface area contributed by atoms with Gasteiger partial charge in [0.25, 0.3) is 0 Å². The van der Waals surface area contributed by atoms with Crippen molar-refractivity contribution >= 4 is 17.2 Å². The summed E-state index contributed by atoms with van der Waals surface area (Å²) in [4.78, 5) is 12.8. The summed E-state index contributed by atoms with van der Waals surface area (Å²) in [6.45, 7) is 4.48. The zero-order valence-electron chi connectivity index (χ0n) is 10.0. The van der Waals surface area contributed by atoms with Gasteiger partial charge in [-0.3, -0.25) is 0 Å². The second-order valence-electron chi connectivity index (χ2n) is 3.55. The van der Waals surface area contributed by atoms with Crippen LogP contribution in [0.15, 0.2) is 11.4 Å². The Morgan fingerprint density at radius 2 is 2.12 bits per heavy atom. The highest BCUT2D eigenvalue weighted by Crippen LogP contribution is 2.14. The van der Waals surface area contributed by atoms with Gasteiger partial charge in [0.15, 0.2) is 0 Å². The highest BCUT2D eigenvalue weighted by molar-refractivity contribution is 7.09. The summed E-state index contributed by atoms with van der Waals surface area (Å²) in [6.07, 6.45) is 0. The van der Waals surface area contributed by atoms with Crippen molar-refractivity contribution in [3.8, 4) is 5.88 Å². The molecule has 0 amide bonds. The van der Waals surface area contributed by atoms with Gasteiger partial charge in [0.1, 0.15) is 11.6 Å². The molecule has 90 valence electrons. The van der Waals surface area contributed by atoms with Crippen LogP contribution in [0.1, 0.15) is 16.5 Å². The first-order valence-electron chi connectivity index (χ1n) is 5.22. The Morgan fingerprint density at radius 1 is 1.29 bits per heavy atom. The fraction of sp³-hybridized carbons (Fsp3) is 0.364. The van der Waals surface area contributed by atoms with Crippen molar-refractivity contribution in [2.45, 2.75) is 20.4 Å². The average molecular weight is 250 g/mol. The maximum atomic E-state index is 5.09. The fourth-order valence-corrected chi connectivity index (χ4v) is 2.02. The molecule has 0 atom stereocenters. The van der Waals surface area contributed by atoms with Crippen LogP contribution >= 0.6 is 11.3 Å². The summed E-state index contributed by atoms with van der Waals surface area (Å²) in [5.74, 6) is 2.00. The molecule has 17 heavy (non-hydrogen) atoms. The topological polar surface area (TPSA) is 59.9 Å². The Morgan fingerprint density at radius 3 is 2.76 bits per heavy atom. The molecule has 1 N–H and O–H groups in total. The van der Waals surface area contributed by atoms with Gasteiger partial charge in [-0.2, -0.15) is 4.98 Å². The van der Waals surface area contributed by atoms with Crippen LogP contribution in [-0.4, -0.2) is 22.1 Å². The van der Waals surface area contributed by atoms with Crippen molar-refractivity contribution in [3.05, 3.63) is 28.0 Å². The fourth-order valence-electron chi connectivity index (χ4n) is 1.41. The minimum Gasteiger partial charge on any atom is -0.481 e. The lowest BCUT2D eigenvalue weighted by atomic mass is 10.4. The monoisotopic (exact) mass is 250 g/mol. The molecule has 0 fully saturated rings. The first-order valence-corrected chi connectivity index (χ1v) is 6.10. The molecule has 2 aromatic heterocycles. The minimum atomic E-state index is 0.564. The third-order valence-corrected chi connectivity index (χ3v) is 2.96. The first-order chi connectivity index (χ1) is 8.17. The van der Waals surface area contributed by atoms with E-state index >= 15 is 0 Å². The van der Waals surface area contributed by atoms with Crippen LogP contribution in [0.2, 0.25) is 0 Å². The van der Waals surface area contributed by atoms with Crippen LogP contribution < -0.4 is 10.1 Å². The van der Waals surface area contributed by atoms with Gasteiger partial charge < -0.3 is 10.1 Å². The number of methoxy groups -OCH3 is 1. The summed E-state index contributed by atoms with van der Waals surface area (Å²) in [6, 6.07) is 1.77. The number of anilines is 1. The molecule has 0 unspecified atom stereocenters. The summed E-state index contributed by atoms with van der Waals surface area (Å²) in [5, 5.41) is 6.31. The van der Waals surface area contributed by atoms with Crippen molar-refractivity contribution in [2.24, 2.45) is 0 Å². The number of thiazole rings is 1. The number of aryl methyl sites for hydroxylation is 2. The Bertz CT molecular complexity index is 512. The lowest BCUT2D eigenvalue weighted by Gasteiger charge is -2.06. The first kappa shape index (κ1) is 11.8. The van der Waals surface area contributed by atoms with Crippen molar-refractivity contribution < 1.29 is 4.74 Å². The Labute approximate surface area is 104 Å². The lowest BCUT2D eigenvalue weighted by Crippen LogP contribution is -2.04. The van der Waals surface area contributed by atoms with E-state index in [0.29, 0.717) is 18.2 Å². The minimum absolute atomic E-state index is 0.564. The highest BCUT2D eigenvalue weighted by atomic mass is 32.1. The predicted molar refractivity (Wildman–Crippen MR) is 67.5 cm³/mol. The molecular weight excluding hydrogens is 236 g/mol. The van der Waals surface area contributed by atoms with Gasteiger partial charge in [0.05, 0.1) is 24.4 Å². The van der Waals surface area contributed by atoms with E-state index in [1.807, 2.05) is 19.2 Å². The number of aromatic nitrogens is 3. The molecule has 0 bridgehead atoms. The van der Waals surface area contributed by atoms with Crippen LogP contribution in [-0.2, 0) is 6.54 Å². The number of nitrogens with zero attached hydrogens (tertiary/aromatic N) is 3. The van der Waals surface area contributed by atoms with Crippen LogP contribution in [0.25, 0.3) is 0 Å². The number of rotatable bonds is 4. The van der Waals surface area contributed by atoms with Crippen molar-refractivity contribution in [1.29, 1.82) is 0 Å². The maximum absolute atomic E-state index is 5.09. The van der Waals surface area contributed by atoms with Gasteiger partial charge in [-0.15, -0.1) is 11.3 Å². The Balaban J connectivity index is 2.05. The Hall–Kier alpha value is -1.69. The van der Waals surface area contributed by atoms with E-state index in [1.165, 1.54) is 0 Å². The van der Waals surface area contributed by atoms with Gasteiger partial charge in [-0.1, -0.05) is 0 Å². The smallest absolute Gasteiger partial charge is 0.218 e. The van der Waals surface area contributed by atoms with E-state index in [1.54, 1.807) is 24.5 Å². The quantitative estimate of drug-likeness (QED) is 0.901. The van der Waals surface area contributed by atoms with Crippen LogP contribution in [0.4, 0.5) is 5.82 Å². The number of hydrogen-bond donors (Lipinski definition) is 1. The highest BCUT2D eigenvalue weighted by Gasteiger charge is 2.03. The summed E-state index contributed by atoms with van der Waals surface area (Å²) >= 11 is 1.64. The van der Waals surface area contributed by atoms with E-state index in [0.717, 1.165) is 16.5 Å². The van der Waals surface area contributed by atoms with Gasteiger partial charge in [-0.25, -0.2) is 9.97 Å². The van der Waals surface area contributed by atoms with E-state index in [-0.39, 0.29) is 0 Å². The summed E-state index contributed by atoms with van der Waals surface area (Å²) in [5.41, 5.74) is 1.02. The molecule has 0 saturated heterocycles. The molecule has 0 aliphatic heterocycles. The van der Waals surface area contributed by atoms with E-state index in [9.17, 15) is 0 Å². The van der Waals surface area contributed by atoms with Crippen LogP contribution in [0.5, 0.6) is 5.88 Å². The normalized spacial score (nSPS) is 10.3. The molecule has 0 aliphatic carbocycles. The molecule has 5 nitrogen and oxygen atoms in total. The SMILES string of the molecule is COc1cc(NCc2csc(C)n2)nc(C)n1. The molecule has 0 aromatic carbocycles. The zero-order valence-corrected chi connectivity index (χ0v) is 10.8. The summed E-state index contributed by atoms with van der Waals surface area (Å²) in [7, 11) is 1.59. The predicted octanol–water partition coefficient (Wildman–Crippen LogP) is 2.17. The largest absolute Gasteiger partial charge is 0.481 e. The molecule has 2 rings (SSSR count). The molecule has 2 heterocycles. The number of ether oxygens (including phenoxy) is 1. The van der Waals surface area contributed by atoms with Crippen molar-refractivity contribution in [3.63, 3.8) is 0 Å². The zero-order chi connectivity index (χ0) is 12.3. The van der Waals surface area contributed by atoms with E-state index < -0.39 is 0 Å². The maximum Gasteiger partial charge on any atom is 0.218 e. The third-order valence-electron chi connectivity index (χ3n) is 2.14. The van der Waals surface area contributed by atoms with E-state index in [2.05, 4.69) is 20.3 Å². The standard InChI is InChI=1S/C11H14N4OS/c1-7-13-10(4-11(14-7)16-3)12-5-9-6-17-8(2)15-9/h4,6H,5H2,1-3H3,(H,12,13,14). The van der Waals surface area contributed by atoms with Gasteiger partial charge in [0, 0.05) is 11.4 Å². The Kier molecular flexibility index (Phi) is 3.53. The third kappa shape index (κ3) is 3.13. The molecule has 2 aromatic rings. The van der Waals surface area contributed by atoms with E-state index in [4.69, 9.17) is 4.74 Å². The molecule has 0 spiro atoms. The number of hydrogen-bond acceptors (Lipinski definition) is 6. The lowest BCUT2D eigenvalue weighted by molar-refractivity contribution is 0.396.